The molecule has 0 radical (unpaired) electrons. The molecule has 0 aromatic rings. The first-order chi connectivity index (χ1) is 12.8. The fraction of sp³-hybridized carbons (Fsp3) is 0.958. The molecule has 0 atom stereocenters. The van der Waals surface area contributed by atoms with Crippen molar-refractivity contribution in [3.8, 4) is 0 Å². The van der Waals surface area contributed by atoms with Gasteiger partial charge in [-0.15, -0.1) is 0 Å². The molecule has 0 aromatic heterocycles. The summed E-state index contributed by atoms with van der Waals surface area (Å²) < 4.78 is 0. The number of unbranched alkanes of at least 4 members (excludes halogenated alkanes) is 20. The van der Waals surface area contributed by atoms with E-state index in [1.165, 1.54) is 122 Å². The summed E-state index contributed by atoms with van der Waals surface area (Å²) in [5, 5.41) is 10.3. The summed E-state index contributed by atoms with van der Waals surface area (Å²) in [4.78, 5) is 10.3. The van der Waals surface area contributed by atoms with Crippen molar-refractivity contribution in [2.24, 2.45) is 0 Å². The maximum Gasteiger partial charge on any atom is 2.00 e. The van der Waals surface area contributed by atoms with Crippen LogP contribution in [0.5, 0.6) is 0 Å². The van der Waals surface area contributed by atoms with Crippen LogP contribution >= 0.6 is 0 Å². The number of carbonyl (C=O) groups excluding carboxylic acids is 1. The molecule has 0 saturated heterocycles. The number of rotatable bonds is 22. The molecule has 0 N–H and O–H groups in total. The van der Waals surface area contributed by atoms with Crippen LogP contribution in [0.2, 0.25) is 0 Å². The second kappa shape index (κ2) is 26.7. The van der Waals surface area contributed by atoms with Gasteiger partial charge in [0.05, 0.1) is 0 Å². The van der Waals surface area contributed by atoms with Gasteiger partial charge in [0.2, 0.25) is 0 Å². The van der Waals surface area contributed by atoms with E-state index in [1.54, 1.807) is 0 Å². The maximum absolute atomic E-state index is 10.3. The predicted molar refractivity (Wildman–Crippen MR) is 118 cm³/mol. The van der Waals surface area contributed by atoms with Crippen molar-refractivity contribution < 1.29 is 9.90 Å². The van der Waals surface area contributed by atoms with Crippen molar-refractivity contribution in [3.63, 3.8) is 0 Å². The average molecular weight is 408 g/mol. The van der Waals surface area contributed by atoms with Crippen molar-refractivity contribution in [1.29, 1.82) is 0 Å². The standard InChI is InChI=1S/C24H48O2.Ca/c1-2-3-4-5-6-7-8-9-10-11-12-13-14-15-16-17-18-19-20-21-22-23-24(25)26;/h2-23H2,1H3,(H,25,26);/q;+2/p-1. The van der Waals surface area contributed by atoms with E-state index in [9.17, 15) is 9.90 Å². The number of carboxylic acids is 1. The predicted octanol–water partition coefficient (Wildman–Crippen LogP) is 6.96. The van der Waals surface area contributed by atoms with Crippen molar-refractivity contribution in [3.05, 3.63) is 0 Å². The molecule has 0 amide bonds. The first-order valence-corrected chi connectivity index (χ1v) is 12.0. The van der Waals surface area contributed by atoms with Crippen molar-refractivity contribution in [1.82, 2.24) is 0 Å². The maximum atomic E-state index is 10.3. The van der Waals surface area contributed by atoms with Crippen LogP contribution in [0.1, 0.15) is 148 Å². The number of hydrogen-bond donors (Lipinski definition) is 0. The molecule has 0 aliphatic heterocycles. The molecule has 0 heterocycles. The Labute approximate surface area is 200 Å². The Balaban J connectivity index is 0. The van der Waals surface area contributed by atoms with Crippen LogP contribution in [0, 0.1) is 0 Å². The van der Waals surface area contributed by atoms with Gasteiger partial charge in [0.25, 0.3) is 0 Å². The van der Waals surface area contributed by atoms with Gasteiger partial charge in [-0.2, -0.15) is 0 Å². The normalized spacial score (nSPS) is 10.7. The molecule has 156 valence electrons. The summed E-state index contributed by atoms with van der Waals surface area (Å²) in [6.45, 7) is 2.29. The topological polar surface area (TPSA) is 40.1 Å². The molecule has 0 unspecified atom stereocenters. The molecule has 0 rings (SSSR count). The molecular formula is C24H47CaO2+. The van der Waals surface area contributed by atoms with Crippen LogP contribution < -0.4 is 5.11 Å². The van der Waals surface area contributed by atoms with Gasteiger partial charge in [0.1, 0.15) is 0 Å². The van der Waals surface area contributed by atoms with Crippen LogP contribution in [-0.2, 0) is 4.79 Å². The quantitative estimate of drug-likeness (QED) is 0.144. The summed E-state index contributed by atoms with van der Waals surface area (Å²) >= 11 is 0. The fourth-order valence-electron chi connectivity index (χ4n) is 3.70. The van der Waals surface area contributed by atoms with E-state index < -0.39 is 5.97 Å². The molecule has 0 aliphatic rings. The van der Waals surface area contributed by atoms with E-state index in [0.29, 0.717) is 0 Å². The van der Waals surface area contributed by atoms with E-state index in [2.05, 4.69) is 6.92 Å². The van der Waals surface area contributed by atoms with Gasteiger partial charge in [-0.05, 0) is 12.8 Å². The van der Waals surface area contributed by atoms with E-state index in [0.717, 1.165) is 12.8 Å². The molecular weight excluding hydrogens is 360 g/mol. The van der Waals surface area contributed by atoms with E-state index >= 15 is 0 Å². The molecule has 0 aliphatic carbocycles. The first-order valence-electron chi connectivity index (χ1n) is 12.0. The molecule has 0 fully saturated rings. The Morgan fingerprint density at radius 3 is 0.926 bits per heavy atom. The zero-order valence-electron chi connectivity index (χ0n) is 18.6. The van der Waals surface area contributed by atoms with Gasteiger partial charge in [-0.3, -0.25) is 0 Å². The second-order valence-corrected chi connectivity index (χ2v) is 8.19. The fourth-order valence-corrected chi connectivity index (χ4v) is 3.70. The average Bonchev–Trinajstić information content (AvgIpc) is 2.62. The third kappa shape index (κ3) is 29.0. The van der Waals surface area contributed by atoms with Crippen LogP contribution in [0.25, 0.3) is 0 Å². The van der Waals surface area contributed by atoms with Gasteiger partial charge < -0.3 is 9.90 Å². The van der Waals surface area contributed by atoms with Crippen molar-refractivity contribution in [2.75, 3.05) is 0 Å². The Bertz CT molecular complexity index is 282. The van der Waals surface area contributed by atoms with Gasteiger partial charge >= 0.3 is 37.7 Å². The third-order valence-corrected chi connectivity index (χ3v) is 5.48. The van der Waals surface area contributed by atoms with E-state index in [1.807, 2.05) is 0 Å². The minimum absolute atomic E-state index is 0. The number of aliphatic carboxylic acids is 1. The van der Waals surface area contributed by atoms with Gasteiger partial charge in [0, 0.05) is 5.97 Å². The molecule has 0 saturated carbocycles. The van der Waals surface area contributed by atoms with Crippen molar-refractivity contribution >= 4 is 43.7 Å². The van der Waals surface area contributed by atoms with Gasteiger partial charge in [-0.1, -0.05) is 135 Å². The van der Waals surface area contributed by atoms with E-state index in [-0.39, 0.29) is 44.2 Å². The molecule has 0 spiro atoms. The zero-order valence-corrected chi connectivity index (χ0v) is 20.8. The van der Waals surface area contributed by atoms with Gasteiger partial charge in [0.15, 0.2) is 0 Å². The van der Waals surface area contributed by atoms with E-state index in [4.69, 9.17) is 0 Å². The number of carbonyl (C=O) groups is 1. The largest absolute Gasteiger partial charge is 2.00 e. The molecule has 0 bridgehead atoms. The molecule has 2 nitrogen and oxygen atoms in total. The Morgan fingerprint density at radius 2 is 0.704 bits per heavy atom. The summed E-state index contributed by atoms with van der Waals surface area (Å²) in [6.07, 6.45) is 28.7. The summed E-state index contributed by atoms with van der Waals surface area (Å²) in [6, 6.07) is 0. The first kappa shape index (κ1) is 29.9. The smallest absolute Gasteiger partial charge is 0.550 e. The third-order valence-electron chi connectivity index (χ3n) is 5.48. The zero-order chi connectivity index (χ0) is 19.1. The minimum Gasteiger partial charge on any atom is -0.550 e. The molecule has 0 aromatic carbocycles. The van der Waals surface area contributed by atoms with Crippen LogP contribution in [0.4, 0.5) is 0 Å². The van der Waals surface area contributed by atoms with Gasteiger partial charge in [-0.25, -0.2) is 0 Å². The number of hydrogen-bond acceptors (Lipinski definition) is 2. The van der Waals surface area contributed by atoms with Crippen LogP contribution in [0.3, 0.4) is 0 Å². The Hall–Kier alpha value is 0.730. The summed E-state index contributed by atoms with van der Waals surface area (Å²) in [7, 11) is 0. The van der Waals surface area contributed by atoms with Crippen LogP contribution in [0.15, 0.2) is 0 Å². The van der Waals surface area contributed by atoms with Crippen LogP contribution in [-0.4, -0.2) is 43.7 Å². The van der Waals surface area contributed by atoms with Crippen molar-refractivity contribution in [2.45, 2.75) is 148 Å². The monoisotopic (exact) mass is 407 g/mol. The number of carboxylic acid groups (broad SMARTS) is 1. The Kier molecular flexibility index (Phi) is 29.6. The molecule has 3 heteroatoms. The summed E-state index contributed by atoms with van der Waals surface area (Å²) in [5.41, 5.74) is 0. The Morgan fingerprint density at radius 1 is 0.481 bits per heavy atom. The molecule has 27 heavy (non-hydrogen) atoms. The summed E-state index contributed by atoms with van der Waals surface area (Å²) in [5.74, 6) is -0.900. The minimum atomic E-state index is -0.900. The second-order valence-electron chi connectivity index (χ2n) is 8.19. The SMILES string of the molecule is CCCCCCCCCCCCCCCCCCCCCCCC(=O)[O-].[Ca+2].